The average molecular weight is 215 g/mol. The SMILES string of the molecule is COc1c(F)cc(CF)cc1CC(C)N. The van der Waals surface area contributed by atoms with Crippen molar-refractivity contribution >= 4 is 0 Å². The van der Waals surface area contributed by atoms with E-state index in [9.17, 15) is 8.78 Å². The molecule has 1 aromatic carbocycles. The molecule has 15 heavy (non-hydrogen) atoms. The second-order valence-corrected chi connectivity index (χ2v) is 3.59. The molecule has 0 radical (unpaired) electrons. The summed E-state index contributed by atoms with van der Waals surface area (Å²) >= 11 is 0. The lowest BCUT2D eigenvalue weighted by atomic mass is 10.0. The molecule has 1 atom stereocenters. The maximum atomic E-state index is 13.4. The molecule has 1 rings (SSSR count). The number of nitrogens with two attached hydrogens (primary N) is 1. The van der Waals surface area contributed by atoms with Gasteiger partial charge in [-0.15, -0.1) is 0 Å². The lowest BCUT2D eigenvalue weighted by Gasteiger charge is -2.12. The van der Waals surface area contributed by atoms with Crippen LogP contribution in [0.1, 0.15) is 18.1 Å². The maximum absolute atomic E-state index is 13.4. The van der Waals surface area contributed by atoms with E-state index < -0.39 is 12.5 Å². The van der Waals surface area contributed by atoms with E-state index in [1.54, 1.807) is 13.0 Å². The largest absolute Gasteiger partial charge is 0.493 e. The Morgan fingerprint density at radius 1 is 1.47 bits per heavy atom. The number of methoxy groups -OCH3 is 1. The van der Waals surface area contributed by atoms with Crippen molar-refractivity contribution in [1.82, 2.24) is 0 Å². The number of alkyl halides is 1. The molecule has 0 aromatic heterocycles. The summed E-state index contributed by atoms with van der Waals surface area (Å²) in [6.07, 6.45) is 0.466. The van der Waals surface area contributed by atoms with Gasteiger partial charge < -0.3 is 10.5 Å². The fourth-order valence-corrected chi connectivity index (χ4v) is 1.52. The van der Waals surface area contributed by atoms with E-state index in [1.165, 1.54) is 7.11 Å². The van der Waals surface area contributed by atoms with Crippen LogP contribution in [-0.4, -0.2) is 13.2 Å². The van der Waals surface area contributed by atoms with Gasteiger partial charge in [-0.25, -0.2) is 8.78 Å². The Hall–Kier alpha value is -1.16. The molecule has 0 fully saturated rings. The summed E-state index contributed by atoms with van der Waals surface area (Å²) in [5.74, 6) is -0.382. The van der Waals surface area contributed by atoms with E-state index in [2.05, 4.69) is 0 Å². The summed E-state index contributed by atoms with van der Waals surface area (Å²) < 4.78 is 30.8. The molecule has 0 spiro atoms. The summed E-state index contributed by atoms with van der Waals surface area (Å²) in [6, 6.07) is 2.61. The zero-order chi connectivity index (χ0) is 11.4. The van der Waals surface area contributed by atoms with Gasteiger partial charge in [-0.1, -0.05) is 0 Å². The van der Waals surface area contributed by atoms with Gasteiger partial charge in [0.05, 0.1) is 7.11 Å². The van der Waals surface area contributed by atoms with Gasteiger partial charge in [0, 0.05) is 6.04 Å². The van der Waals surface area contributed by atoms with Crippen LogP contribution in [0.3, 0.4) is 0 Å². The number of rotatable bonds is 4. The van der Waals surface area contributed by atoms with Gasteiger partial charge in [-0.3, -0.25) is 0 Å². The second-order valence-electron chi connectivity index (χ2n) is 3.59. The number of ether oxygens (including phenoxy) is 1. The first-order valence-electron chi connectivity index (χ1n) is 4.75. The molecule has 84 valence electrons. The summed E-state index contributed by atoms with van der Waals surface area (Å²) in [6.45, 7) is 1.12. The highest BCUT2D eigenvalue weighted by molar-refractivity contribution is 5.39. The summed E-state index contributed by atoms with van der Waals surface area (Å²) in [5.41, 5.74) is 6.54. The minimum atomic E-state index is -0.688. The molecule has 0 aliphatic rings. The molecule has 1 unspecified atom stereocenters. The first-order chi connectivity index (χ1) is 7.08. The highest BCUT2D eigenvalue weighted by Crippen LogP contribution is 2.25. The number of hydrogen-bond donors (Lipinski definition) is 1. The Bertz CT molecular complexity index is 340. The van der Waals surface area contributed by atoms with Crippen molar-refractivity contribution in [3.05, 3.63) is 29.1 Å². The van der Waals surface area contributed by atoms with Crippen LogP contribution in [0.2, 0.25) is 0 Å². The van der Waals surface area contributed by atoms with Crippen molar-refractivity contribution in [3.63, 3.8) is 0 Å². The van der Waals surface area contributed by atoms with Crippen LogP contribution in [0.15, 0.2) is 12.1 Å². The van der Waals surface area contributed by atoms with Crippen molar-refractivity contribution < 1.29 is 13.5 Å². The molecular formula is C11H15F2NO. The molecule has 0 aliphatic carbocycles. The third-order valence-corrected chi connectivity index (χ3v) is 2.08. The van der Waals surface area contributed by atoms with Gasteiger partial charge >= 0.3 is 0 Å². The van der Waals surface area contributed by atoms with E-state index in [0.717, 1.165) is 6.07 Å². The molecule has 0 saturated carbocycles. The fraction of sp³-hybridized carbons (Fsp3) is 0.455. The van der Waals surface area contributed by atoms with Crippen molar-refractivity contribution in [2.75, 3.05) is 7.11 Å². The standard InChI is InChI=1S/C11H15F2NO/c1-7(14)3-9-4-8(6-12)5-10(13)11(9)15-2/h4-5,7H,3,6,14H2,1-2H3. The van der Waals surface area contributed by atoms with Crippen LogP contribution in [-0.2, 0) is 13.1 Å². The van der Waals surface area contributed by atoms with E-state index in [4.69, 9.17) is 10.5 Å². The molecule has 0 aliphatic heterocycles. The minimum Gasteiger partial charge on any atom is -0.493 e. The zero-order valence-electron chi connectivity index (χ0n) is 8.89. The molecule has 1 aromatic rings. The van der Waals surface area contributed by atoms with E-state index in [0.29, 0.717) is 17.5 Å². The lowest BCUT2D eigenvalue weighted by Crippen LogP contribution is -2.18. The molecule has 0 amide bonds. The monoisotopic (exact) mass is 215 g/mol. The molecule has 2 nitrogen and oxygen atoms in total. The molecule has 0 saturated heterocycles. The van der Waals surface area contributed by atoms with Crippen LogP contribution in [0.5, 0.6) is 5.75 Å². The second kappa shape index (κ2) is 5.07. The molecule has 2 N–H and O–H groups in total. The van der Waals surface area contributed by atoms with E-state index in [-0.39, 0.29) is 11.8 Å². The van der Waals surface area contributed by atoms with Crippen molar-refractivity contribution in [2.24, 2.45) is 5.73 Å². The van der Waals surface area contributed by atoms with Gasteiger partial charge in [0.15, 0.2) is 11.6 Å². The van der Waals surface area contributed by atoms with Crippen molar-refractivity contribution in [2.45, 2.75) is 26.1 Å². The topological polar surface area (TPSA) is 35.2 Å². The Kier molecular flexibility index (Phi) is 4.03. The highest BCUT2D eigenvalue weighted by Gasteiger charge is 2.12. The highest BCUT2D eigenvalue weighted by atomic mass is 19.1. The maximum Gasteiger partial charge on any atom is 0.165 e. The van der Waals surface area contributed by atoms with Crippen LogP contribution >= 0.6 is 0 Å². The smallest absolute Gasteiger partial charge is 0.165 e. The first-order valence-corrected chi connectivity index (χ1v) is 4.75. The summed E-state index contributed by atoms with van der Waals surface area (Å²) in [4.78, 5) is 0. The summed E-state index contributed by atoms with van der Waals surface area (Å²) in [7, 11) is 1.39. The van der Waals surface area contributed by atoms with Gasteiger partial charge in [0.2, 0.25) is 0 Å². The quantitative estimate of drug-likeness (QED) is 0.835. The molecule has 0 bridgehead atoms. The van der Waals surface area contributed by atoms with Crippen LogP contribution in [0, 0.1) is 5.82 Å². The number of hydrogen-bond acceptors (Lipinski definition) is 2. The third kappa shape index (κ3) is 2.89. The van der Waals surface area contributed by atoms with Gasteiger partial charge in [-0.05, 0) is 36.6 Å². The number of halogens is 2. The fourth-order valence-electron chi connectivity index (χ4n) is 1.52. The lowest BCUT2D eigenvalue weighted by molar-refractivity contribution is 0.378. The van der Waals surface area contributed by atoms with Gasteiger partial charge in [0.1, 0.15) is 6.67 Å². The zero-order valence-corrected chi connectivity index (χ0v) is 8.89. The van der Waals surface area contributed by atoms with Crippen LogP contribution in [0.25, 0.3) is 0 Å². The molecule has 4 heteroatoms. The Morgan fingerprint density at radius 3 is 2.60 bits per heavy atom. The predicted molar refractivity (Wildman–Crippen MR) is 55.1 cm³/mol. The number of benzene rings is 1. The first kappa shape index (κ1) is 11.9. The van der Waals surface area contributed by atoms with E-state index in [1.807, 2.05) is 0 Å². The van der Waals surface area contributed by atoms with Crippen LogP contribution < -0.4 is 10.5 Å². The molecular weight excluding hydrogens is 200 g/mol. The minimum absolute atomic E-state index is 0.117. The normalized spacial score (nSPS) is 12.6. The predicted octanol–water partition coefficient (Wildman–Crippen LogP) is 2.19. The van der Waals surface area contributed by atoms with Gasteiger partial charge in [-0.2, -0.15) is 0 Å². The Labute approximate surface area is 88.0 Å². The molecule has 0 heterocycles. The van der Waals surface area contributed by atoms with Gasteiger partial charge in [0.25, 0.3) is 0 Å². The van der Waals surface area contributed by atoms with Crippen LogP contribution in [0.4, 0.5) is 8.78 Å². The Morgan fingerprint density at radius 2 is 2.13 bits per heavy atom. The van der Waals surface area contributed by atoms with Crippen molar-refractivity contribution in [3.8, 4) is 5.75 Å². The third-order valence-electron chi connectivity index (χ3n) is 2.08. The summed E-state index contributed by atoms with van der Waals surface area (Å²) in [5, 5.41) is 0. The van der Waals surface area contributed by atoms with Crippen molar-refractivity contribution in [1.29, 1.82) is 0 Å². The Balaban J connectivity index is 3.13. The van der Waals surface area contributed by atoms with E-state index >= 15 is 0 Å². The average Bonchev–Trinajstić information content (AvgIpc) is 2.16.